The Kier molecular flexibility index (Phi) is 5.27. The third-order valence-electron chi connectivity index (χ3n) is 5.31. The summed E-state index contributed by atoms with van der Waals surface area (Å²) in [6, 6.07) is 1.94. The van der Waals surface area contributed by atoms with Crippen molar-refractivity contribution in [1.82, 2.24) is 9.80 Å². The topological polar surface area (TPSA) is 65.0 Å². The van der Waals surface area contributed by atoms with Crippen LogP contribution in [-0.2, 0) is 11.3 Å². The molecule has 1 aromatic rings. The minimum absolute atomic E-state index is 0.00792. The average molecular weight is 377 g/mol. The van der Waals surface area contributed by atoms with E-state index in [1.807, 2.05) is 6.07 Å². The van der Waals surface area contributed by atoms with Gasteiger partial charge >= 0.3 is 0 Å². The summed E-state index contributed by atoms with van der Waals surface area (Å²) in [7, 11) is 5.42. The van der Waals surface area contributed by atoms with Gasteiger partial charge in [0.2, 0.25) is 18.3 Å². The van der Waals surface area contributed by atoms with Crippen molar-refractivity contribution in [1.29, 1.82) is 0 Å². The Morgan fingerprint density at radius 1 is 1.11 bits per heavy atom. The molecule has 0 aliphatic carbocycles. The Morgan fingerprint density at radius 2 is 1.89 bits per heavy atom. The standard InChI is InChI=1S/C19H27N3O5/c1-21-4-6-22(7-5-21)11-14-10-15(27-20-14)8-13-9-16(23-2)18-19(17(13)24-3)26-12-25-18/h9,15H,4-8,10-12H2,1-3H3/t15-/m1/s1. The number of rotatable bonds is 6. The second-order valence-corrected chi connectivity index (χ2v) is 7.21. The van der Waals surface area contributed by atoms with Crippen LogP contribution in [-0.4, -0.2) is 82.4 Å². The minimum Gasteiger partial charge on any atom is -0.493 e. The molecule has 0 unspecified atom stereocenters. The molecule has 0 radical (unpaired) electrons. The van der Waals surface area contributed by atoms with Crippen LogP contribution in [0.15, 0.2) is 11.2 Å². The maximum absolute atomic E-state index is 5.71. The van der Waals surface area contributed by atoms with E-state index in [9.17, 15) is 0 Å². The lowest BCUT2D eigenvalue weighted by Gasteiger charge is -2.32. The first-order valence-electron chi connectivity index (χ1n) is 9.34. The Balaban J connectivity index is 1.40. The fourth-order valence-corrected chi connectivity index (χ4v) is 3.79. The molecular formula is C19H27N3O5. The fourth-order valence-electron chi connectivity index (χ4n) is 3.79. The van der Waals surface area contributed by atoms with E-state index in [0.29, 0.717) is 29.4 Å². The van der Waals surface area contributed by atoms with Gasteiger partial charge in [0, 0.05) is 51.1 Å². The predicted molar refractivity (Wildman–Crippen MR) is 100 cm³/mol. The highest BCUT2D eigenvalue weighted by atomic mass is 16.7. The molecule has 3 heterocycles. The van der Waals surface area contributed by atoms with Crippen LogP contribution in [0.1, 0.15) is 12.0 Å². The molecule has 1 aromatic carbocycles. The molecule has 1 fully saturated rings. The van der Waals surface area contributed by atoms with Gasteiger partial charge in [-0.1, -0.05) is 5.16 Å². The normalized spacial score (nSPS) is 22.5. The molecular weight excluding hydrogens is 350 g/mol. The van der Waals surface area contributed by atoms with Crippen molar-refractivity contribution in [2.45, 2.75) is 18.9 Å². The van der Waals surface area contributed by atoms with Gasteiger partial charge < -0.3 is 28.7 Å². The van der Waals surface area contributed by atoms with Crippen molar-refractivity contribution in [2.75, 3.05) is 60.8 Å². The largest absolute Gasteiger partial charge is 0.493 e. The second-order valence-electron chi connectivity index (χ2n) is 7.21. The van der Waals surface area contributed by atoms with Crippen LogP contribution >= 0.6 is 0 Å². The monoisotopic (exact) mass is 377 g/mol. The molecule has 27 heavy (non-hydrogen) atoms. The molecule has 1 atom stereocenters. The van der Waals surface area contributed by atoms with Crippen molar-refractivity contribution in [3.05, 3.63) is 11.6 Å². The first-order chi connectivity index (χ1) is 13.2. The first kappa shape index (κ1) is 18.2. The molecule has 148 valence electrons. The van der Waals surface area contributed by atoms with Crippen molar-refractivity contribution in [3.63, 3.8) is 0 Å². The maximum Gasteiger partial charge on any atom is 0.231 e. The minimum atomic E-state index is -0.00792. The van der Waals surface area contributed by atoms with Gasteiger partial charge in [-0.2, -0.15) is 0 Å². The third kappa shape index (κ3) is 3.77. The molecule has 1 saturated heterocycles. The molecule has 0 bridgehead atoms. The van der Waals surface area contributed by atoms with Crippen LogP contribution in [0.2, 0.25) is 0 Å². The van der Waals surface area contributed by atoms with Gasteiger partial charge in [0.25, 0.3) is 0 Å². The molecule has 3 aliphatic heterocycles. The van der Waals surface area contributed by atoms with E-state index in [-0.39, 0.29) is 12.9 Å². The van der Waals surface area contributed by atoms with Gasteiger partial charge in [-0.05, 0) is 13.1 Å². The summed E-state index contributed by atoms with van der Waals surface area (Å²) in [6.07, 6.45) is 1.49. The van der Waals surface area contributed by atoms with Gasteiger partial charge in [-0.3, -0.25) is 4.90 Å². The lowest BCUT2D eigenvalue weighted by molar-refractivity contribution is 0.0852. The van der Waals surface area contributed by atoms with Crippen molar-refractivity contribution in [2.24, 2.45) is 5.16 Å². The Labute approximate surface area is 159 Å². The lowest BCUT2D eigenvalue weighted by Crippen LogP contribution is -2.46. The fraction of sp³-hybridized carbons (Fsp3) is 0.632. The molecule has 0 amide bonds. The highest BCUT2D eigenvalue weighted by molar-refractivity contribution is 5.87. The van der Waals surface area contributed by atoms with Gasteiger partial charge in [-0.25, -0.2) is 0 Å². The van der Waals surface area contributed by atoms with E-state index >= 15 is 0 Å². The first-order valence-corrected chi connectivity index (χ1v) is 9.34. The van der Waals surface area contributed by atoms with E-state index in [2.05, 4.69) is 22.0 Å². The smallest absolute Gasteiger partial charge is 0.231 e. The van der Waals surface area contributed by atoms with Crippen LogP contribution < -0.4 is 18.9 Å². The van der Waals surface area contributed by atoms with Crippen molar-refractivity contribution in [3.8, 4) is 23.0 Å². The number of hydrogen-bond acceptors (Lipinski definition) is 8. The molecule has 8 nitrogen and oxygen atoms in total. The number of methoxy groups -OCH3 is 2. The quantitative estimate of drug-likeness (QED) is 0.742. The van der Waals surface area contributed by atoms with Crippen molar-refractivity contribution < 1.29 is 23.8 Å². The van der Waals surface area contributed by atoms with Gasteiger partial charge in [-0.15, -0.1) is 0 Å². The summed E-state index contributed by atoms with van der Waals surface area (Å²) in [6.45, 7) is 5.41. The van der Waals surface area contributed by atoms with Crippen LogP contribution in [0.5, 0.6) is 23.0 Å². The summed E-state index contributed by atoms with van der Waals surface area (Å²) in [5.74, 6) is 2.52. The van der Waals surface area contributed by atoms with Gasteiger partial charge in [0.15, 0.2) is 11.5 Å². The SMILES string of the molecule is COc1cc(C[C@@H]2CC(CN3CCN(C)CC3)=NO2)c(OC)c2c1OCO2. The number of hydrogen-bond donors (Lipinski definition) is 0. The molecule has 0 saturated carbocycles. The van der Waals surface area contributed by atoms with E-state index in [1.54, 1.807) is 14.2 Å². The summed E-state index contributed by atoms with van der Waals surface area (Å²) in [5.41, 5.74) is 2.08. The zero-order valence-electron chi connectivity index (χ0n) is 16.2. The zero-order valence-corrected chi connectivity index (χ0v) is 16.2. The lowest BCUT2D eigenvalue weighted by atomic mass is 10.0. The zero-order chi connectivity index (χ0) is 18.8. The average Bonchev–Trinajstić information content (AvgIpc) is 3.33. The number of likely N-dealkylation sites (N-methyl/N-ethyl adjacent to an activating group) is 1. The summed E-state index contributed by atoms with van der Waals surface area (Å²) >= 11 is 0. The third-order valence-corrected chi connectivity index (χ3v) is 5.31. The van der Waals surface area contributed by atoms with Crippen molar-refractivity contribution >= 4 is 5.71 Å². The number of fused-ring (bicyclic) bond motifs is 1. The number of oxime groups is 1. The molecule has 3 aliphatic rings. The highest BCUT2D eigenvalue weighted by Gasteiger charge is 2.30. The highest BCUT2D eigenvalue weighted by Crippen LogP contribution is 2.49. The number of piperazine rings is 1. The van der Waals surface area contributed by atoms with E-state index < -0.39 is 0 Å². The van der Waals surface area contributed by atoms with Crippen LogP contribution in [0.3, 0.4) is 0 Å². The molecule has 0 N–H and O–H groups in total. The Hall–Kier alpha value is -2.19. The molecule has 0 spiro atoms. The summed E-state index contributed by atoms with van der Waals surface area (Å²) < 4.78 is 22.1. The number of ether oxygens (including phenoxy) is 4. The van der Waals surface area contributed by atoms with Gasteiger partial charge in [0.05, 0.1) is 19.9 Å². The predicted octanol–water partition coefficient (Wildman–Crippen LogP) is 1.37. The van der Waals surface area contributed by atoms with E-state index in [4.69, 9.17) is 23.8 Å². The Bertz CT molecular complexity index is 716. The molecule has 0 aromatic heterocycles. The number of nitrogens with zero attached hydrogens (tertiary/aromatic N) is 3. The van der Waals surface area contributed by atoms with Gasteiger partial charge in [0.1, 0.15) is 6.10 Å². The van der Waals surface area contributed by atoms with Crippen LogP contribution in [0.25, 0.3) is 0 Å². The van der Waals surface area contributed by atoms with Crippen LogP contribution in [0.4, 0.5) is 0 Å². The molecule has 4 rings (SSSR count). The molecule has 8 heteroatoms. The summed E-state index contributed by atoms with van der Waals surface area (Å²) in [4.78, 5) is 10.5. The van der Waals surface area contributed by atoms with Crippen LogP contribution in [0, 0.1) is 0 Å². The maximum atomic E-state index is 5.71. The second kappa shape index (κ2) is 7.82. The van der Waals surface area contributed by atoms with E-state index in [1.165, 1.54) is 0 Å². The number of benzene rings is 1. The Morgan fingerprint density at radius 3 is 2.63 bits per heavy atom. The summed E-state index contributed by atoms with van der Waals surface area (Å²) in [5, 5.41) is 4.33. The van der Waals surface area contributed by atoms with E-state index in [0.717, 1.165) is 50.4 Å².